The van der Waals surface area contributed by atoms with Gasteiger partial charge in [0.2, 0.25) is 0 Å². The van der Waals surface area contributed by atoms with Crippen molar-refractivity contribution in [3.63, 3.8) is 0 Å². The minimum atomic E-state index is 0.775. The van der Waals surface area contributed by atoms with Crippen molar-refractivity contribution in [3.05, 3.63) is 0 Å². The molecule has 0 aromatic rings. The lowest BCUT2D eigenvalue weighted by molar-refractivity contribution is 0.179. The predicted molar refractivity (Wildman–Crippen MR) is 74.5 cm³/mol. The number of nitrogens with one attached hydrogen (secondary N) is 1. The quantitative estimate of drug-likeness (QED) is 0.825. The molecule has 2 nitrogen and oxygen atoms in total. The second-order valence-electron chi connectivity index (χ2n) is 7.54. The molecule has 102 valence electrons. The minimum Gasteiger partial charge on any atom is -0.311 e. The smallest absolute Gasteiger partial charge is 0.0123 e. The Bertz CT molecular complexity index is 316. The van der Waals surface area contributed by atoms with E-state index in [0.717, 1.165) is 35.8 Å². The van der Waals surface area contributed by atoms with Crippen molar-refractivity contribution >= 4 is 0 Å². The van der Waals surface area contributed by atoms with Crippen molar-refractivity contribution in [1.82, 2.24) is 10.2 Å². The van der Waals surface area contributed by atoms with E-state index in [0.29, 0.717) is 0 Å². The molecular formula is C16H28N2. The number of fused-ring (bicyclic) bond motifs is 4. The molecule has 2 saturated heterocycles. The molecule has 1 N–H and O–H groups in total. The summed E-state index contributed by atoms with van der Waals surface area (Å²) in [5.74, 6) is 4.13. The molecular weight excluding hydrogens is 220 g/mol. The van der Waals surface area contributed by atoms with Crippen LogP contribution in [-0.4, -0.2) is 36.6 Å². The lowest BCUT2D eigenvalue weighted by atomic mass is 9.82. The highest BCUT2D eigenvalue weighted by atomic mass is 15.2. The molecule has 2 saturated carbocycles. The van der Waals surface area contributed by atoms with Gasteiger partial charge in [-0.05, 0) is 75.8 Å². The van der Waals surface area contributed by atoms with Crippen LogP contribution in [0.4, 0.5) is 0 Å². The Morgan fingerprint density at radius 1 is 1.00 bits per heavy atom. The predicted octanol–water partition coefficient (Wildman–Crippen LogP) is 2.49. The van der Waals surface area contributed by atoms with E-state index in [9.17, 15) is 0 Å². The van der Waals surface area contributed by atoms with Crippen LogP contribution in [0.2, 0.25) is 0 Å². The molecule has 0 radical (unpaired) electrons. The maximum absolute atomic E-state index is 4.05. The molecule has 0 spiro atoms. The third-order valence-electron chi connectivity index (χ3n) is 6.55. The summed E-state index contributed by atoms with van der Waals surface area (Å²) in [4.78, 5) is 2.66. The molecule has 2 aliphatic heterocycles. The fourth-order valence-electron chi connectivity index (χ4n) is 5.54. The monoisotopic (exact) mass is 248 g/mol. The van der Waals surface area contributed by atoms with Crippen LogP contribution in [0.1, 0.15) is 45.4 Å². The van der Waals surface area contributed by atoms with Gasteiger partial charge in [-0.2, -0.15) is 0 Å². The lowest BCUT2D eigenvalue weighted by Crippen LogP contribution is -2.49. The van der Waals surface area contributed by atoms with E-state index < -0.39 is 0 Å². The van der Waals surface area contributed by atoms with Gasteiger partial charge in [0.1, 0.15) is 0 Å². The third-order valence-corrected chi connectivity index (χ3v) is 6.55. The topological polar surface area (TPSA) is 15.3 Å². The largest absolute Gasteiger partial charge is 0.311 e. The van der Waals surface area contributed by atoms with E-state index in [2.05, 4.69) is 17.1 Å². The van der Waals surface area contributed by atoms with Gasteiger partial charge >= 0.3 is 0 Å². The molecule has 0 amide bonds. The highest BCUT2D eigenvalue weighted by molar-refractivity contribution is 4.97. The van der Waals surface area contributed by atoms with Crippen molar-refractivity contribution < 1.29 is 0 Å². The number of hydrogen-bond acceptors (Lipinski definition) is 2. The minimum absolute atomic E-state index is 0.775. The molecule has 7 unspecified atom stereocenters. The fourth-order valence-corrected chi connectivity index (χ4v) is 5.54. The molecule has 4 aliphatic rings. The molecule has 18 heavy (non-hydrogen) atoms. The first-order valence-electron chi connectivity index (χ1n) is 8.28. The summed E-state index contributed by atoms with van der Waals surface area (Å²) in [6.45, 7) is 6.57. The van der Waals surface area contributed by atoms with Crippen molar-refractivity contribution in [2.45, 2.75) is 57.5 Å². The summed E-state index contributed by atoms with van der Waals surface area (Å²) in [5, 5.41) is 4.05. The molecule has 2 heterocycles. The number of rotatable bonds is 3. The van der Waals surface area contributed by atoms with Crippen LogP contribution in [0.3, 0.4) is 0 Å². The Kier molecular flexibility index (Phi) is 2.92. The Balaban J connectivity index is 1.36. The zero-order chi connectivity index (χ0) is 12.1. The SMILES string of the molecule is CC(NC1CCN2CCC1C2)C1CC2CCC1C2. The Morgan fingerprint density at radius 3 is 2.67 bits per heavy atom. The molecule has 7 atom stereocenters. The average molecular weight is 248 g/mol. The first-order valence-corrected chi connectivity index (χ1v) is 8.28. The lowest BCUT2D eigenvalue weighted by Gasteiger charge is -2.37. The van der Waals surface area contributed by atoms with Crippen LogP contribution in [0, 0.1) is 23.7 Å². The van der Waals surface area contributed by atoms with Gasteiger partial charge in [0.05, 0.1) is 0 Å². The van der Waals surface area contributed by atoms with E-state index in [1.165, 1.54) is 51.7 Å². The van der Waals surface area contributed by atoms with E-state index >= 15 is 0 Å². The van der Waals surface area contributed by atoms with Gasteiger partial charge in [-0.15, -0.1) is 0 Å². The molecule has 2 heteroatoms. The normalized spacial score (nSPS) is 51.8. The summed E-state index contributed by atoms with van der Waals surface area (Å²) < 4.78 is 0. The standard InChI is InChI=1S/C16H28N2/c1-11(15-9-12-2-3-13(15)8-12)17-16-5-7-18-6-4-14(16)10-18/h11-17H,2-10H2,1H3. The summed E-state index contributed by atoms with van der Waals surface area (Å²) in [5.41, 5.74) is 0. The maximum Gasteiger partial charge on any atom is 0.0123 e. The van der Waals surface area contributed by atoms with Gasteiger partial charge in [-0.1, -0.05) is 6.42 Å². The third kappa shape index (κ3) is 1.92. The zero-order valence-corrected chi connectivity index (χ0v) is 11.8. The Hall–Kier alpha value is -0.0800. The van der Waals surface area contributed by atoms with Crippen LogP contribution >= 0.6 is 0 Å². The van der Waals surface area contributed by atoms with Gasteiger partial charge < -0.3 is 10.2 Å². The van der Waals surface area contributed by atoms with Gasteiger partial charge in [-0.3, -0.25) is 0 Å². The molecule has 0 aromatic carbocycles. The van der Waals surface area contributed by atoms with Crippen LogP contribution in [0.15, 0.2) is 0 Å². The molecule has 4 rings (SSSR count). The average Bonchev–Trinajstić information content (AvgIpc) is 3.08. The van der Waals surface area contributed by atoms with Gasteiger partial charge in [0.15, 0.2) is 0 Å². The second-order valence-corrected chi connectivity index (χ2v) is 7.54. The van der Waals surface area contributed by atoms with E-state index in [-0.39, 0.29) is 0 Å². The zero-order valence-electron chi connectivity index (χ0n) is 11.8. The number of hydrogen-bond donors (Lipinski definition) is 1. The first-order chi connectivity index (χ1) is 8.79. The first kappa shape index (κ1) is 11.7. The Morgan fingerprint density at radius 2 is 1.89 bits per heavy atom. The van der Waals surface area contributed by atoms with Crippen LogP contribution in [0.5, 0.6) is 0 Å². The highest BCUT2D eigenvalue weighted by Crippen LogP contribution is 2.49. The number of nitrogens with zero attached hydrogens (tertiary/aromatic N) is 1. The van der Waals surface area contributed by atoms with Crippen molar-refractivity contribution in [2.24, 2.45) is 23.7 Å². The van der Waals surface area contributed by atoms with Crippen molar-refractivity contribution in [2.75, 3.05) is 19.6 Å². The highest BCUT2D eigenvalue weighted by Gasteiger charge is 2.43. The Labute approximate surface area is 111 Å². The molecule has 4 bridgehead atoms. The van der Waals surface area contributed by atoms with Crippen molar-refractivity contribution in [1.29, 1.82) is 0 Å². The van der Waals surface area contributed by atoms with Crippen LogP contribution in [-0.2, 0) is 0 Å². The van der Waals surface area contributed by atoms with E-state index in [4.69, 9.17) is 0 Å². The fraction of sp³-hybridized carbons (Fsp3) is 1.00. The molecule has 4 fully saturated rings. The summed E-state index contributed by atoms with van der Waals surface area (Å²) in [6.07, 6.45) is 9.00. The van der Waals surface area contributed by atoms with Gasteiger partial charge in [0.25, 0.3) is 0 Å². The van der Waals surface area contributed by atoms with Gasteiger partial charge in [0, 0.05) is 18.6 Å². The number of piperidine rings is 1. The summed E-state index contributed by atoms with van der Waals surface area (Å²) >= 11 is 0. The molecule has 2 aliphatic carbocycles. The second kappa shape index (κ2) is 4.49. The van der Waals surface area contributed by atoms with Crippen LogP contribution in [0.25, 0.3) is 0 Å². The van der Waals surface area contributed by atoms with E-state index in [1.807, 2.05) is 0 Å². The van der Waals surface area contributed by atoms with Gasteiger partial charge in [-0.25, -0.2) is 0 Å². The van der Waals surface area contributed by atoms with Crippen LogP contribution < -0.4 is 5.32 Å². The van der Waals surface area contributed by atoms with E-state index in [1.54, 1.807) is 6.42 Å². The molecule has 0 aromatic heterocycles. The summed E-state index contributed by atoms with van der Waals surface area (Å²) in [7, 11) is 0. The summed E-state index contributed by atoms with van der Waals surface area (Å²) in [6, 6.07) is 1.61. The van der Waals surface area contributed by atoms with Crippen molar-refractivity contribution in [3.8, 4) is 0 Å². The maximum atomic E-state index is 4.05.